The molecule has 2 aromatic rings. The summed E-state index contributed by atoms with van der Waals surface area (Å²) in [6.07, 6.45) is -1.23. The van der Waals surface area contributed by atoms with Gasteiger partial charge < -0.3 is 15.4 Å². The summed E-state index contributed by atoms with van der Waals surface area (Å²) in [6.45, 7) is 1.10. The predicted molar refractivity (Wildman–Crippen MR) is 90.3 cm³/mol. The number of carbonyl (C=O) groups excluding carboxylic acids is 1. The summed E-state index contributed by atoms with van der Waals surface area (Å²) >= 11 is 0. The van der Waals surface area contributed by atoms with E-state index in [1.807, 2.05) is 0 Å². The lowest BCUT2D eigenvalue weighted by Crippen LogP contribution is -2.31. The van der Waals surface area contributed by atoms with Crippen molar-refractivity contribution >= 4 is 17.4 Å². The average Bonchev–Trinajstić information content (AvgIpc) is 3.13. The van der Waals surface area contributed by atoms with Gasteiger partial charge in [-0.2, -0.15) is 13.2 Å². The van der Waals surface area contributed by atoms with Crippen molar-refractivity contribution in [1.82, 2.24) is 10.3 Å². The Labute approximate surface area is 148 Å². The number of aromatic nitrogens is 1. The maximum Gasteiger partial charge on any atom is 0.418 e. The molecule has 1 aliphatic rings. The van der Waals surface area contributed by atoms with Crippen LogP contribution < -0.4 is 10.6 Å². The van der Waals surface area contributed by atoms with Gasteiger partial charge in [0, 0.05) is 24.9 Å². The number of hydrogen-bond donors (Lipinski definition) is 2. The molecular weight excluding hydrogens is 347 g/mol. The highest BCUT2D eigenvalue weighted by atomic mass is 19.4. The molecule has 1 aromatic heterocycles. The summed E-state index contributed by atoms with van der Waals surface area (Å²) in [5.41, 5.74) is -0.607. The van der Waals surface area contributed by atoms with E-state index < -0.39 is 11.7 Å². The van der Waals surface area contributed by atoms with Gasteiger partial charge in [0.2, 0.25) is 0 Å². The van der Waals surface area contributed by atoms with Gasteiger partial charge in [-0.1, -0.05) is 12.1 Å². The van der Waals surface area contributed by atoms with E-state index in [4.69, 9.17) is 4.74 Å². The minimum absolute atomic E-state index is 0.0112. The van der Waals surface area contributed by atoms with Crippen molar-refractivity contribution in [2.75, 3.05) is 18.5 Å². The van der Waals surface area contributed by atoms with E-state index in [1.54, 1.807) is 0 Å². The first-order valence-electron chi connectivity index (χ1n) is 8.22. The molecule has 8 heteroatoms. The van der Waals surface area contributed by atoms with Crippen molar-refractivity contribution in [3.8, 4) is 0 Å². The molecule has 0 radical (unpaired) electrons. The standard InChI is InChI=1S/C18H18F3N3O2/c19-18(20,21)14-5-1-2-6-15(14)24-16-10-12(7-8-22-16)17(25)23-11-13-4-3-9-26-13/h1-2,5-8,10,13H,3-4,9,11H2,(H,22,24)(H,23,25). The zero-order valence-corrected chi connectivity index (χ0v) is 13.8. The molecule has 1 aliphatic heterocycles. The molecule has 1 saturated heterocycles. The normalized spacial score (nSPS) is 17.1. The van der Waals surface area contributed by atoms with E-state index in [2.05, 4.69) is 15.6 Å². The van der Waals surface area contributed by atoms with Crippen LogP contribution in [0.1, 0.15) is 28.8 Å². The number of carbonyl (C=O) groups is 1. The Morgan fingerprint density at radius 3 is 2.81 bits per heavy atom. The third kappa shape index (κ3) is 4.51. The monoisotopic (exact) mass is 365 g/mol. The highest BCUT2D eigenvalue weighted by Gasteiger charge is 2.33. The molecule has 1 fully saturated rings. The highest BCUT2D eigenvalue weighted by molar-refractivity contribution is 5.94. The van der Waals surface area contributed by atoms with Gasteiger partial charge >= 0.3 is 6.18 Å². The lowest BCUT2D eigenvalue weighted by Gasteiger charge is -2.14. The molecule has 0 saturated carbocycles. The first kappa shape index (κ1) is 18.2. The van der Waals surface area contributed by atoms with Crippen LogP contribution in [0.5, 0.6) is 0 Å². The summed E-state index contributed by atoms with van der Waals surface area (Å²) in [7, 11) is 0. The van der Waals surface area contributed by atoms with Gasteiger partial charge in [-0.25, -0.2) is 4.98 Å². The topological polar surface area (TPSA) is 63.2 Å². The number of alkyl halides is 3. The molecule has 1 aromatic carbocycles. The summed E-state index contributed by atoms with van der Waals surface area (Å²) in [4.78, 5) is 16.2. The third-order valence-electron chi connectivity index (χ3n) is 4.03. The second kappa shape index (κ2) is 7.74. The zero-order valence-electron chi connectivity index (χ0n) is 13.8. The molecule has 0 spiro atoms. The molecule has 2 heterocycles. The molecule has 0 bridgehead atoms. The number of anilines is 2. The molecule has 1 amide bonds. The molecule has 1 atom stereocenters. The van der Waals surface area contributed by atoms with Gasteiger partial charge in [0.05, 0.1) is 17.4 Å². The van der Waals surface area contributed by atoms with Crippen LogP contribution in [0, 0.1) is 0 Å². The molecule has 3 rings (SSSR count). The minimum Gasteiger partial charge on any atom is -0.376 e. The Bertz CT molecular complexity index is 774. The molecule has 5 nitrogen and oxygen atoms in total. The second-order valence-electron chi connectivity index (χ2n) is 5.94. The zero-order chi connectivity index (χ0) is 18.6. The van der Waals surface area contributed by atoms with Crippen LogP contribution in [0.3, 0.4) is 0 Å². The maximum absolute atomic E-state index is 13.1. The summed E-state index contributed by atoms with van der Waals surface area (Å²) < 4.78 is 44.7. The van der Waals surface area contributed by atoms with Gasteiger partial charge in [0.25, 0.3) is 5.91 Å². The summed E-state index contributed by atoms with van der Waals surface area (Å²) in [6, 6.07) is 8.03. The van der Waals surface area contributed by atoms with Gasteiger partial charge in [0.1, 0.15) is 5.82 Å². The Hall–Kier alpha value is -2.61. The van der Waals surface area contributed by atoms with Crippen molar-refractivity contribution in [3.63, 3.8) is 0 Å². The number of para-hydroxylation sites is 1. The molecule has 0 aliphatic carbocycles. The number of rotatable bonds is 5. The van der Waals surface area contributed by atoms with Crippen LogP contribution in [0.25, 0.3) is 0 Å². The van der Waals surface area contributed by atoms with Crippen molar-refractivity contribution in [2.24, 2.45) is 0 Å². The fourth-order valence-corrected chi connectivity index (χ4v) is 2.73. The fraction of sp³-hybridized carbons (Fsp3) is 0.333. The largest absolute Gasteiger partial charge is 0.418 e. The third-order valence-corrected chi connectivity index (χ3v) is 4.03. The summed E-state index contributed by atoms with van der Waals surface area (Å²) in [5, 5.41) is 5.40. The van der Waals surface area contributed by atoms with Gasteiger partial charge in [0.15, 0.2) is 0 Å². The van der Waals surface area contributed by atoms with Crippen molar-refractivity contribution in [2.45, 2.75) is 25.1 Å². The molecule has 138 valence electrons. The van der Waals surface area contributed by atoms with Gasteiger partial charge in [-0.05, 0) is 37.1 Å². The SMILES string of the molecule is O=C(NCC1CCCO1)c1ccnc(Nc2ccccc2C(F)(F)F)c1. The Morgan fingerprint density at radius 2 is 2.08 bits per heavy atom. The van der Waals surface area contributed by atoms with Crippen LogP contribution in [-0.4, -0.2) is 30.1 Å². The number of pyridine rings is 1. The quantitative estimate of drug-likeness (QED) is 0.847. The molecular formula is C18H18F3N3O2. The fourth-order valence-electron chi connectivity index (χ4n) is 2.73. The van der Waals surface area contributed by atoms with E-state index in [0.29, 0.717) is 18.7 Å². The van der Waals surface area contributed by atoms with E-state index in [9.17, 15) is 18.0 Å². The van der Waals surface area contributed by atoms with Crippen LogP contribution in [0.2, 0.25) is 0 Å². The second-order valence-corrected chi connectivity index (χ2v) is 5.94. The number of nitrogens with one attached hydrogen (secondary N) is 2. The average molecular weight is 365 g/mol. The predicted octanol–water partition coefficient (Wildman–Crippen LogP) is 3.75. The Kier molecular flexibility index (Phi) is 5.41. The van der Waals surface area contributed by atoms with Gasteiger partial charge in [-0.3, -0.25) is 4.79 Å². The Balaban J connectivity index is 1.70. The Morgan fingerprint density at radius 1 is 1.27 bits per heavy atom. The van der Waals surface area contributed by atoms with E-state index in [1.165, 1.54) is 36.5 Å². The lowest BCUT2D eigenvalue weighted by molar-refractivity contribution is -0.136. The van der Waals surface area contributed by atoms with Gasteiger partial charge in [-0.15, -0.1) is 0 Å². The number of nitrogens with zero attached hydrogens (tertiary/aromatic N) is 1. The van der Waals surface area contributed by atoms with E-state index in [-0.39, 0.29) is 23.5 Å². The van der Waals surface area contributed by atoms with Crippen LogP contribution in [0.15, 0.2) is 42.6 Å². The molecule has 1 unspecified atom stereocenters. The smallest absolute Gasteiger partial charge is 0.376 e. The lowest BCUT2D eigenvalue weighted by atomic mass is 10.1. The van der Waals surface area contributed by atoms with Crippen LogP contribution in [0.4, 0.5) is 24.7 Å². The molecule has 26 heavy (non-hydrogen) atoms. The number of ether oxygens (including phenoxy) is 1. The van der Waals surface area contributed by atoms with Crippen molar-refractivity contribution in [3.05, 3.63) is 53.7 Å². The van der Waals surface area contributed by atoms with Crippen molar-refractivity contribution < 1.29 is 22.7 Å². The minimum atomic E-state index is -4.49. The molecule has 2 N–H and O–H groups in total. The number of benzene rings is 1. The number of halogens is 3. The first-order valence-corrected chi connectivity index (χ1v) is 8.22. The van der Waals surface area contributed by atoms with E-state index in [0.717, 1.165) is 18.9 Å². The highest BCUT2D eigenvalue weighted by Crippen LogP contribution is 2.35. The van der Waals surface area contributed by atoms with Crippen LogP contribution in [-0.2, 0) is 10.9 Å². The maximum atomic E-state index is 13.1. The van der Waals surface area contributed by atoms with Crippen LogP contribution >= 0.6 is 0 Å². The number of hydrogen-bond acceptors (Lipinski definition) is 4. The summed E-state index contributed by atoms with van der Waals surface area (Å²) in [5.74, 6) is -0.165. The van der Waals surface area contributed by atoms with E-state index >= 15 is 0 Å². The van der Waals surface area contributed by atoms with Crippen molar-refractivity contribution in [1.29, 1.82) is 0 Å². The first-order chi connectivity index (χ1) is 12.4. The number of amides is 1.